The van der Waals surface area contributed by atoms with Crippen LogP contribution in [0.1, 0.15) is 40.5 Å². The zero-order valence-electron chi connectivity index (χ0n) is 18.7. The zero-order chi connectivity index (χ0) is 25.4. The van der Waals surface area contributed by atoms with Gasteiger partial charge < -0.3 is 15.4 Å². The fourth-order valence-corrected chi connectivity index (χ4v) is 3.82. The summed E-state index contributed by atoms with van der Waals surface area (Å²) >= 11 is 14.4. The van der Waals surface area contributed by atoms with Crippen molar-refractivity contribution >= 4 is 68.1 Å². The number of hydrogen-bond acceptors (Lipinski definition) is 4. The highest BCUT2D eigenvalue weighted by atomic mass is 79.9. The van der Waals surface area contributed by atoms with Crippen molar-refractivity contribution in [3.8, 4) is 5.75 Å². The minimum atomic E-state index is -0.574. The number of hydrogen-bond donors (Lipinski definition) is 3. The molecule has 0 heterocycles. The van der Waals surface area contributed by atoms with Crippen molar-refractivity contribution in [1.29, 1.82) is 0 Å². The van der Waals surface area contributed by atoms with Crippen LogP contribution in [-0.2, 0) is 0 Å². The third-order valence-electron chi connectivity index (χ3n) is 4.74. The Hall–Kier alpha value is -3.01. The number of amides is 2. The molecular formula is C25H22BrClFN3O3S. The number of carbonyl (C=O) groups is 2. The Balaban J connectivity index is 1.59. The van der Waals surface area contributed by atoms with Crippen LogP contribution < -0.4 is 20.7 Å². The lowest BCUT2D eigenvalue weighted by Gasteiger charge is -2.12. The molecule has 0 fully saturated rings. The van der Waals surface area contributed by atoms with Crippen molar-refractivity contribution in [2.24, 2.45) is 0 Å². The molecular weight excluding hydrogens is 557 g/mol. The minimum Gasteiger partial charge on any atom is -0.492 e. The highest BCUT2D eigenvalue weighted by Crippen LogP contribution is 2.26. The Kier molecular flexibility index (Phi) is 9.59. The summed E-state index contributed by atoms with van der Waals surface area (Å²) in [6.45, 7) is 2.68. The third kappa shape index (κ3) is 7.74. The van der Waals surface area contributed by atoms with Crippen LogP contribution in [0.3, 0.4) is 0 Å². The molecule has 35 heavy (non-hydrogen) atoms. The molecule has 3 rings (SSSR count). The molecule has 6 nitrogen and oxygen atoms in total. The summed E-state index contributed by atoms with van der Waals surface area (Å²) in [6.07, 6.45) is 1.97. The van der Waals surface area contributed by atoms with Crippen LogP contribution in [0.4, 0.5) is 15.8 Å². The van der Waals surface area contributed by atoms with Crippen molar-refractivity contribution in [1.82, 2.24) is 5.32 Å². The van der Waals surface area contributed by atoms with E-state index in [9.17, 15) is 14.0 Å². The maximum absolute atomic E-state index is 13.3. The third-order valence-corrected chi connectivity index (χ3v) is 5.85. The molecule has 0 aromatic heterocycles. The first kappa shape index (κ1) is 26.6. The van der Waals surface area contributed by atoms with Crippen LogP contribution in [0.5, 0.6) is 5.75 Å². The van der Waals surface area contributed by atoms with E-state index < -0.39 is 17.6 Å². The predicted octanol–water partition coefficient (Wildman–Crippen LogP) is 6.80. The van der Waals surface area contributed by atoms with Gasteiger partial charge in [0.25, 0.3) is 11.8 Å². The maximum Gasteiger partial charge on any atom is 0.257 e. The van der Waals surface area contributed by atoms with Gasteiger partial charge in [0.05, 0.1) is 16.1 Å². The molecule has 0 bridgehead atoms. The summed E-state index contributed by atoms with van der Waals surface area (Å²) in [4.78, 5) is 25.2. The van der Waals surface area contributed by atoms with Gasteiger partial charge in [-0.2, -0.15) is 0 Å². The van der Waals surface area contributed by atoms with Crippen LogP contribution >= 0.6 is 39.7 Å². The Bertz CT molecular complexity index is 1260. The summed E-state index contributed by atoms with van der Waals surface area (Å²) in [7, 11) is 0. The number of anilines is 2. The molecule has 2 amide bonds. The van der Waals surface area contributed by atoms with E-state index >= 15 is 0 Å². The van der Waals surface area contributed by atoms with E-state index in [1.54, 1.807) is 42.5 Å². The van der Waals surface area contributed by atoms with E-state index in [-0.39, 0.29) is 10.1 Å². The molecule has 3 aromatic rings. The van der Waals surface area contributed by atoms with E-state index in [4.69, 9.17) is 28.6 Å². The molecule has 3 N–H and O–H groups in total. The maximum atomic E-state index is 13.3. The number of nitrogens with one attached hydrogen (secondary N) is 3. The second kappa shape index (κ2) is 12.6. The van der Waals surface area contributed by atoms with E-state index in [1.165, 1.54) is 18.2 Å². The molecule has 182 valence electrons. The summed E-state index contributed by atoms with van der Waals surface area (Å²) in [5.74, 6) is -0.730. The first-order valence-electron chi connectivity index (χ1n) is 10.7. The lowest BCUT2D eigenvalue weighted by Crippen LogP contribution is -2.34. The number of carbonyl (C=O) groups excluding carboxylic acids is 2. The molecule has 0 saturated carbocycles. The highest BCUT2D eigenvalue weighted by Gasteiger charge is 2.13. The van der Waals surface area contributed by atoms with Gasteiger partial charge in [0, 0.05) is 22.5 Å². The van der Waals surface area contributed by atoms with Gasteiger partial charge in [0.1, 0.15) is 11.6 Å². The van der Waals surface area contributed by atoms with E-state index in [0.717, 1.165) is 12.8 Å². The van der Waals surface area contributed by atoms with Crippen molar-refractivity contribution < 1.29 is 18.7 Å². The smallest absolute Gasteiger partial charge is 0.257 e. The molecule has 0 spiro atoms. The number of rotatable bonds is 8. The normalized spacial score (nSPS) is 10.4. The minimum absolute atomic E-state index is 0.0669. The van der Waals surface area contributed by atoms with Crippen molar-refractivity contribution in [2.75, 3.05) is 17.2 Å². The zero-order valence-corrected chi connectivity index (χ0v) is 21.8. The molecule has 3 aromatic carbocycles. The molecule has 0 unspecified atom stereocenters. The monoisotopic (exact) mass is 577 g/mol. The first-order chi connectivity index (χ1) is 16.8. The van der Waals surface area contributed by atoms with Crippen LogP contribution in [0, 0.1) is 5.82 Å². The lowest BCUT2D eigenvalue weighted by molar-refractivity contribution is 0.0976. The van der Waals surface area contributed by atoms with Gasteiger partial charge in [-0.15, -0.1) is 0 Å². The molecule has 0 aliphatic carbocycles. The second-order valence-electron chi connectivity index (χ2n) is 7.42. The van der Waals surface area contributed by atoms with Crippen LogP contribution in [0.15, 0.2) is 65.1 Å². The molecule has 0 aliphatic heterocycles. The van der Waals surface area contributed by atoms with Crippen LogP contribution in [0.25, 0.3) is 0 Å². The number of thiocarbonyl (C=S) groups is 1. The summed E-state index contributed by atoms with van der Waals surface area (Å²) < 4.78 is 19.7. The van der Waals surface area contributed by atoms with Gasteiger partial charge in [-0.3, -0.25) is 14.9 Å². The van der Waals surface area contributed by atoms with Crippen molar-refractivity contribution in [3.05, 3.63) is 87.1 Å². The number of halogens is 3. The lowest BCUT2D eigenvalue weighted by atomic mass is 10.2. The average Bonchev–Trinajstić information content (AvgIpc) is 2.82. The fraction of sp³-hybridized carbons (Fsp3) is 0.160. The molecule has 10 heteroatoms. The Morgan fingerprint density at radius 3 is 2.46 bits per heavy atom. The van der Waals surface area contributed by atoms with E-state index in [0.29, 0.717) is 39.3 Å². The van der Waals surface area contributed by atoms with Crippen LogP contribution in [-0.4, -0.2) is 23.5 Å². The number of ether oxygens (including phenoxy) is 1. The Morgan fingerprint density at radius 2 is 1.74 bits per heavy atom. The molecule has 0 atom stereocenters. The summed E-state index contributed by atoms with van der Waals surface area (Å²) in [5.41, 5.74) is 1.58. The molecule has 0 saturated heterocycles. The second-order valence-corrected chi connectivity index (χ2v) is 9.09. The number of unbranched alkanes of at least 4 members (excludes halogenated alkanes) is 1. The summed E-state index contributed by atoms with van der Waals surface area (Å²) in [6, 6.07) is 15.5. The highest BCUT2D eigenvalue weighted by molar-refractivity contribution is 9.10. The van der Waals surface area contributed by atoms with Gasteiger partial charge in [0.15, 0.2) is 5.11 Å². The van der Waals surface area contributed by atoms with E-state index in [1.807, 2.05) is 0 Å². The van der Waals surface area contributed by atoms with E-state index in [2.05, 4.69) is 38.8 Å². The van der Waals surface area contributed by atoms with Crippen molar-refractivity contribution in [3.63, 3.8) is 0 Å². The summed E-state index contributed by atoms with van der Waals surface area (Å²) in [5, 5.41) is 8.13. The quantitative estimate of drug-likeness (QED) is 0.202. The van der Waals surface area contributed by atoms with Gasteiger partial charge in [-0.05, 0) is 89.2 Å². The van der Waals surface area contributed by atoms with Gasteiger partial charge in [-0.25, -0.2) is 4.39 Å². The fourth-order valence-electron chi connectivity index (χ4n) is 2.94. The topological polar surface area (TPSA) is 79.5 Å². The standard InChI is InChI=1S/C25H22BrClFN3O3S/c1-2-3-11-34-22-10-7-16(13-19(22)26)24(33)31-25(35)30-17-6-4-5-15(12-17)23(32)29-18-8-9-21(28)20(27)14-18/h4-10,12-14H,2-3,11H2,1H3,(H,29,32)(H2,30,31,33,35). The van der Waals surface area contributed by atoms with Gasteiger partial charge >= 0.3 is 0 Å². The van der Waals surface area contributed by atoms with Crippen LogP contribution in [0.2, 0.25) is 5.02 Å². The SMILES string of the molecule is CCCCOc1ccc(C(=O)NC(=S)Nc2cccc(C(=O)Nc3ccc(F)c(Cl)c3)c2)cc1Br. The van der Waals surface area contributed by atoms with Gasteiger partial charge in [0.2, 0.25) is 0 Å². The number of benzene rings is 3. The Morgan fingerprint density at radius 1 is 1.00 bits per heavy atom. The predicted molar refractivity (Wildman–Crippen MR) is 144 cm³/mol. The first-order valence-corrected chi connectivity index (χ1v) is 12.3. The Labute approximate surface area is 221 Å². The molecule has 0 aliphatic rings. The van der Waals surface area contributed by atoms with Crippen molar-refractivity contribution in [2.45, 2.75) is 19.8 Å². The van der Waals surface area contributed by atoms with Gasteiger partial charge in [-0.1, -0.05) is 31.0 Å². The average molecular weight is 579 g/mol. The molecule has 0 radical (unpaired) electrons. The largest absolute Gasteiger partial charge is 0.492 e.